The Balaban J connectivity index is 1.23. The molecule has 0 unspecified atom stereocenters. The molecule has 1 aliphatic heterocycles. The van der Waals surface area contributed by atoms with Crippen molar-refractivity contribution in [3.63, 3.8) is 0 Å². The summed E-state index contributed by atoms with van der Waals surface area (Å²) < 4.78 is 0. The molecule has 256 valence electrons. The summed E-state index contributed by atoms with van der Waals surface area (Å²) >= 11 is 0. The summed E-state index contributed by atoms with van der Waals surface area (Å²) in [5.74, 6) is 0.206. The fourth-order valence-electron chi connectivity index (χ4n) is 5.86. The molecule has 7 rings (SSSR count). The number of fused-ring (bicyclic) bond motifs is 14. The Hall–Kier alpha value is -6.68. The number of pyridine rings is 4. The topological polar surface area (TPSA) is 141 Å². The lowest BCUT2D eigenvalue weighted by molar-refractivity contribution is 0.473. The van der Waals surface area contributed by atoms with Crippen LogP contribution in [-0.2, 0) is 26.2 Å². The summed E-state index contributed by atoms with van der Waals surface area (Å²) in [5, 5.41) is 22.2. The fraction of sp³-hybridized carbons (Fsp3) is 0.143. The molecule has 2 N–H and O–H groups in total. The lowest BCUT2D eigenvalue weighted by Gasteiger charge is -2.07. The monoisotopic (exact) mass is 684 g/mol. The zero-order valence-electron chi connectivity index (χ0n) is 28.8. The maximum atomic E-state index is 11.1. The molecule has 0 aliphatic carbocycles. The summed E-state index contributed by atoms with van der Waals surface area (Å²) in [7, 11) is 0. The van der Waals surface area contributed by atoms with Crippen LogP contribution < -0.4 is 0 Å². The summed E-state index contributed by atoms with van der Waals surface area (Å²) in [6, 6.07) is 30.6. The van der Waals surface area contributed by atoms with Crippen molar-refractivity contribution in [3.8, 4) is 34.3 Å². The molecule has 10 nitrogen and oxygen atoms in total. The van der Waals surface area contributed by atoms with Gasteiger partial charge in [-0.2, -0.15) is 0 Å². The van der Waals surface area contributed by atoms with E-state index < -0.39 is 0 Å². The first-order chi connectivity index (χ1) is 25.4. The van der Waals surface area contributed by atoms with Crippen LogP contribution in [-0.4, -0.2) is 55.0 Å². The van der Waals surface area contributed by atoms with E-state index in [4.69, 9.17) is 19.9 Å². The minimum Gasteiger partial charge on any atom is -0.507 e. The van der Waals surface area contributed by atoms with E-state index in [1.54, 1.807) is 24.9 Å². The highest BCUT2D eigenvalue weighted by Gasteiger charge is 2.10. The quantitative estimate of drug-likeness (QED) is 0.171. The predicted octanol–water partition coefficient (Wildman–Crippen LogP) is 7.42. The first-order valence-electron chi connectivity index (χ1n) is 16.9. The van der Waals surface area contributed by atoms with Gasteiger partial charge in [0.05, 0.1) is 71.7 Å². The van der Waals surface area contributed by atoms with Crippen LogP contribution in [0.2, 0.25) is 0 Å². The second kappa shape index (κ2) is 15.5. The third kappa shape index (κ3) is 8.19. The highest BCUT2D eigenvalue weighted by Crippen LogP contribution is 2.24. The minimum atomic E-state index is 0.103. The van der Waals surface area contributed by atoms with E-state index in [0.717, 1.165) is 56.7 Å². The first-order valence-corrected chi connectivity index (χ1v) is 16.9. The van der Waals surface area contributed by atoms with Crippen molar-refractivity contribution in [1.82, 2.24) is 19.9 Å². The number of aryl methyl sites for hydroxylation is 2. The van der Waals surface area contributed by atoms with Gasteiger partial charge in [0.25, 0.3) is 0 Å². The highest BCUT2D eigenvalue weighted by molar-refractivity contribution is 5.93. The number of aromatic nitrogens is 4. The molecule has 0 atom stereocenters. The molecule has 10 heteroatoms. The fourth-order valence-corrected chi connectivity index (χ4v) is 5.86. The van der Waals surface area contributed by atoms with Crippen LogP contribution in [0, 0.1) is 13.8 Å². The molecule has 1 aliphatic rings. The van der Waals surface area contributed by atoms with Crippen molar-refractivity contribution in [2.45, 2.75) is 40.0 Å². The normalized spacial score (nSPS) is 15.6. The molecule has 0 saturated carbocycles. The Morgan fingerprint density at radius 3 is 0.885 bits per heavy atom. The van der Waals surface area contributed by atoms with E-state index in [2.05, 4.69) is 20.0 Å². The largest absolute Gasteiger partial charge is 0.507 e. The van der Waals surface area contributed by atoms with Gasteiger partial charge in [-0.05, 0) is 97.8 Å². The molecule has 52 heavy (non-hydrogen) atoms. The number of rotatable bonds is 0. The molecular weight excluding hydrogens is 649 g/mol. The molecule has 5 heterocycles. The summed E-state index contributed by atoms with van der Waals surface area (Å²) in [4.78, 5) is 37.6. The third-order valence-corrected chi connectivity index (χ3v) is 8.31. The molecule has 12 bridgehead atoms. The number of benzene rings is 2. The van der Waals surface area contributed by atoms with Gasteiger partial charge >= 0.3 is 0 Å². The van der Waals surface area contributed by atoms with Crippen molar-refractivity contribution in [2.24, 2.45) is 20.0 Å². The maximum absolute atomic E-state index is 11.1. The van der Waals surface area contributed by atoms with Crippen molar-refractivity contribution in [2.75, 3.05) is 0 Å². The lowest BCUT2D eigenvalue weighted by atomic mass is 10.1. The molecule has 6 aromatic rings. The Morgan fingerprint density at radius 1 is 0.385 bits per heavy atom. The van der Waals surface area contributed by atoms with Gasteiger partial charge in [0.2, 0.25) is 0 Å². The summed E-state index contributed by atoms with van der Waals surface area (Å²) in [6.07, 6.45) is 6.65. The average Bonchev–Trinajstić information content (AvgIpc) is 3.15. The zero-order valence-corrected chi connectivity index (χ0v) is 28.8. The molecule has 0 saturated heterocycles. The molecular formula is C42H36N8O2. The lowest BCUT2D eigenvalue weighted by Crippen LogP contribution is -1.97. The van der Waals surface area contributed by atoms with Gasteiger partial charge in [0.15, 0.2) is 0 Å². The number of phenolic OH excluding ortho intramolecular Hbond substituents is 2. The second-order valence-electron chi connectivity index (χ2n) is 12.5. The molecule has 4 aromatic heterocycles. The smallest absolute Gasteiger partial charge is 0.133 e. The molecule has 0 radical (unpaired) electrons. The van der Waals surface area contributed by atoms with Crippen LogP contribution in [0.25, 0.3) is 22.8 Å². The number of aliphatic imine (C=N–C) groups is 4. The minimum absolute atomic E-state index is 0.103. The molecule has 0 amide bonds. The van der Waals surface area contributed by atoms with Gasteiger partial charge in [-0.25, -0.2) is 19.9 Å². The van der Waals surface area contributed by atoms with Crippen LogP contribution in [0.3, 0.4) is 0 Å². The number of hydrogen-bond donors (Lipinski definition) is 2. The number of aromatic hydroxyl groups is 2. The van der Waals surface area contributed by atoms with Gasteiger partial charge in [-0.1, -0.05) is 24.3 Å². The maximum Gasteiger partial charge on any atom is 0.133 e. The Bertz CT molecular complexity index is 2060. The average molecular weight is 685 g/mol. The second-order valence-corrected chi connectivity index (χ2v) is 12.5. The highest BCUT2D eigenvalue weighted by atomic mass is 16.3. The van der Waals surface area contributed by atoms with Gasteiger partial charge in [-0.15, -0.1) is 0 Å². The Morgan fingerprint density at radius 2 is 0.635 bits per heavy atom. The van der Waals surface area contributed by atoms with E-state index >= 15 is 0 Å². The summed E-state index contributed by atoms with van der Waals surface area (Å²) in [5.41, 5.74) is 10.2. The Kier molecular flexibility index (Phi) is 10.1. The van der Waals surface area contributed by atoms with E-state index in [-0.39, 0.29) is 11.5 Å². The zero-order chi connectivity index (χ0) is 35.9. The van der Waals surface area contributed by atoms with Crippen molar-refractivity contribution >= 4 is 24.9 Å². The van der Waals surface area contributed by atoms with E-state index in [1.165, 1.54) is 0 Å². The van der Waals surface area contributed by atoms with E-state index in [9.17, 15) is 10.2 Å². The van der Waals surface area contributed by atoms with E-state index in [1.807, 2.05) is 111 Å². The van der Waals surface area contributed by atoms with Crippen LogP contribution in [0.15, 0.2) is 117 Å². The molecule has 2 aromatic carbocycles. The third-order valence-electron chi connectivity index (χ3n) is 8.31. The SMILES string of the molecule is Cc1cc2c(O)c(c1)/C=N/Cc1cccc(n1)-c1cccc(n1)C/N=C/c1cc(C)cc(c1O)/C=N/Cc1cccc(n1)-c1cccc(n1)C/N=C/2. The number of phenols is 2. The van der Waals surface area contributed by atoms with Crippen LogP contribution in [0.5, 0.6) is 11.5 Å². The van der Waals surface area contributed by atoms with Crippen molar-refractivity contribution in [3.05, 3.63) is 153 Å². The van der Waals surface area contributed by atoms with Gasteiger partial charge in [0.1, 0.15) is 11.5 Å². The number of nitrogens with zero attached hydrogens (tertiary/aromatic N) is 8. The Labute approximate surface area is 301 Å². The summed E-state index contributed by atoms with van der Waals surface area (Å²) in [6.45, 7) is 5.22. The van der Waals surface area contributed by atoms with Crippen molar-refractivity contribution < 1.29 is 10.2 Å². The van der Waals surface area contributed by atoms with Gasteiger partial charge < -0.3 is 10.2 Å². The van der Waals surface area contributed by atoms with Crippen LogP contribution in [0.1, 0.15) is 56.2 Å². The molecule has 0 fully saturated rings. The van der Waals surface area contributed by atoms with E-state index in [0.29, 0.717) is 48.4 Å². The standard InChI is InChI=1S/C42H36N8O2/c1-27-15-29-19-43-23-33-7-3-11-37(47-33)39-13-5-9-35(49-39)25-45-21-31-17-28(2)18-32(42(31)52)22-46-26-36-10-6-14-40(50-36)38-12-4-8-34(48-38)24-44-20-30(16-27)41(29)51/h3-22,51-52H,23-26H2,1-2H3/b43-19+,44-20+,45-21+,46-22+. The van der Waals surface area contributed by atoms with Crippen molar-refractivity contribution in [1.29, 1.82) is 0 Å². The number of hydrogen-bond acceptors (Lipinski definition) is 10. The van der Waals surface area contributed by atoms with Crippen LogP contribution in [0.4, 0.5) is 0 Å². The predicted molar refractivity (Wildman–Crippen MR) is 206 cm³/mol. The molecule has 0 spiro atoms. The first kappa shape index (κ1) is 33.8. The van der Waals surface area contributed by atoms with Gasteiger partial charge in [0, 0.05) is 47.1 Å². The van der Waals surface area contributed by atoms with Crippen LogP contribution >= 0.6 is 0 Å². The van der Waals surface area contributed by atoms with Gasteiger partial charge in [-0.3, -0.25) is 20.0 Å².